The number of nitrogens with zero attached hydrogens (tertiary/aromatic N) is 2. The number of hydrogen-bond donors (Lipinski definition) is 1. The fourth-order valence-electron chi connectivity index (χ4n) is 2.42. The summed E-state index contributed by atoms with van der Waals surface area (Å²) < 4.78 is 38.1. The van der Waals surface area contributed by atoms with E-state index < -0.39 is 10.0 Å². The van der Waals surface area contributed by atoms with Gasteiger partial charge >= 0.3 is 0 Å². The summed E-state index contributed by atoms with van der Waals surface area (Å²) in [6.07, 6.45) is 0. The van der Waals surface area contributed by atoms with E-state index in [-0.39, 0.29) is 17.3 Å². The molecule has 0 aliphatic carbocycles. The fourth-order valence-corrected chi connectivity index (χ4v) is 3.62. The minimum atomic E-state index is -3.71. The van der Waals surface area contributed by atoms with Gasteiger partial charge in [-0.3, -0.25) is 0 Å². The lowest BCUT2D eigenvalue weighted by molar-refractivity contribution is 0.414. The Kier molecular flexibility index (Phi) is 5.06. The molecule has 0 aliphatic heterocycles. The van der Waals surface area contributed by atoms with E-state index in [4.69, 9.17) is 9.15 Å². The van der Waals surface area contributed by atoms with Crippen LogP contribution in [-0.2, 0) is 16.6 Å². The Hall–Kier alpha value is -2.71. The molecule has 136 valence electrons. The first-order chi connectivity index (χ1) is 12.4. The lowest BCUT2D eigenvalue weighted by Crippen LogP contribution is -2.24. The van der Waals surface area contributed by atoms with Gasteiger partial charge in [0.2, 0.25) is 21.8 Å². The molecule has 0 bridgehead atoms. The number of aromatic nitrogens is 2. The first kappa shape index (κ1) is 18.1. The van der Waals surface area contributed by atoms with Crippen LogP contribution in [0.5, 0.6) is 5.75 Å². The molecule has 7 nitrogen and oxygen atoms in total. The third-order valence-corrected chi connectivity index (χ3v) is 5.41. The number of benzene rings is 2. The quantitative estimate of drug-likeness (QED) is 0.714. The van der Waals surface area contributed by atoms with Gasteiger partial charge in [-0.05, 0) is 49.7 Å². The van der Waals surface area contributed by atoms with Crippen molar-refractivity contribution in [3.8, 4) is 17.2 Å². The molecule has 0 saturated heterocycles. The van der Waals surface area contributed by atoms with Crippen LogP contribution in [0.4, 0.5) is 0 Å². The molecular weight excluding hydrogens is 354 g/mol. The van der Waals surface area contributed by atoms with E-state index in [0.717, 1.165) is 11.1 Å². The average molecular weight is 373 g/mol. The van der Waals surface area contributed by atoms with Gasteiger partial charge in [0.1, 0.15) is 5.75 Å². The molecular formula is C18H19N3O4S. The highest BCUT2D eigenvalue weighted by molar-refractivity contribution is 7.89. The zero-order chi connectivity index (χ0) is 18.7. The molecule has 0 amide bonds. The molecule has 0 unspecified atom stereocenters. The number of hydrogen-bond acceptors (Lipinski definition) is 6. The van der Waals surface area contributed by atoms with Gasteiger partial charge in [0, 0.05) is 5.56 Å². The van der Waals surface area contributed by atoms with Crippen LogP contribution in [0, 0.1) is 13.8 Å². The Morgan fingerprint density at radius 3 is 2.46 bits per heavy atom. The highest BCUT2D eigenvalue weighted by Gasteiger charge is 2.18. The smallest absolute Gasteiger partial charge is 0.247 e. The van der Waals surface area contributed by atoms with E-state index >= 15 is 0 Å². The number of nitrogens with one attached hydrogen (secondary N) is 1. The molecule has 0 atom stereocenters. The molecule has 1 heterocycles. The topological polar surface area (TPSA) is 94.3 Å². The lowest BCUT2D eigenvalue weighted by atomic mass is 10.1. The molecule has 1 aromatic heterocycles. The summed E-state index contributed by atoms with van der Waals surface area (Å²) in [5, 5.41) is 7.86. The fraction of sp³-hybridized carbons (Fsp3) is 0.222. The Bertz CT molecular complexity index is 1010. The summed E-state index contributed by atoms with van der Waals surface area (Å²) in [6.45, 7) is 3.60. The van der Waals surface area contributed by atoms with Gasteiger partial charge in [0.25, 0.3) is 0 Å². The molecule has 0 spiro atoms. The van der Waals surface area contributed by atoms with Crippen molar-refractivity contribution in [3.63, 3.8) is 0 Å². The SMILES string of the molecule is COc1ccc(S(=O)(=O)NCc2nnc(-c3ccc(C)cc3)o2)c(C)c1. The Morgan fingerprint density at radius 2 is 1.81 bits per heavy atom. The van der Waals surface area contributed by atoms with Crippen LogP contribution in [0.1, 0.15) is 17.0 Å². The molecule has 1 N–H and O–H groups in total. The van der Waals surface area contributed by atoms with Crippen LogP contribution in [0.25, 0.3) is 11.5 Å². The summed E-state index contributed by atoms with van der Waals surface area (Å²) in [6, 6.07) is 12.4. The Balaban J connectivity index is 1.73. The van der Waals surface area contributed by atoms with E-state index in [2.05, 4.69) is 14.9 Å². The second-order valence-electron chi connectivity index (χ2n) is 5.82. The van der Waals surface area contributed by atoms with Crippen molar-refractivity contribution in [1.29, 1.82) is 0 Å². The van der Waals surface area contributed by atoms with E-state index in [1.54, 1.807) is 19.1 Å². The summed E-state index contributed by atoms with van der Waals surface area (Å²) in [7, 11) is -2.18. The molecule has 3 rings (SSSR count). The van der Waals surface area contributed by atoms with Crippen molar-refractivity contribution in [1.82, 2.24) is 14.9 Å². The molecule has 2 aromatic carbocycles. The number of methoxy groups -OCH3 is 1. The molecule has 0 aliphatic rings. The highest BCUT2D eigenvalue weighted by Crippen LogP contribution is 2.22. The largest absolute Gasteiger partial charge is 0.497 e. The average Bonchev–Trinajstić information content (AvgIpc) is 3.09. The summed E-state index contributed by atoms with van der Waals surface area (Å²) in [5.41, 5.74) is 2.49. The maximum atomic E-state index is 12.5. The number of sulfonamides is 1. The molecule has 26 heavy (non-hydrogen) atoms. The van der Waals surface area contributed by atoms with Crippen LogP contribution < -0.4 is 9.46 Å². The predicted molar refractivity (Wildman–Crippen MR) is 96.2 cm³/mol. The lowest BCUT2D eigenvalue weighted by Gasteiger charge is -2.09. The van der Waals surface area contributed by atoms with E-state index in [1.807, 2.05) is 31.2 Å². The van der Waals surface area contributed by atoms with E-state index in [0.29, 0.717) is 17.2 Å². The van der Waals surface area contributed by atoms with Gasteiger partial charge in [-0.15, -0.1) is 10.2 Å². The standard InChI is InChI=1S/C18H19N3O4S/c1-12-4-6-14(7-5-12)18-21-20-17(25-18)11-19-26(22,23)16-9-8-15(24-3)10-13(16)2/h4-10,19H,11H2,1-3H3. The van der Waals surface area contributed by atoms with Crippen LogP contribution in [0.2, 0.25) is 0 Å². The third kappa shape index (κ3) is 3.92. The molecule has 0 radical (unpaired) electrons. The minimum absolute atomic E-state index is 0.0906. The second-order valence-corrected chi connectivity index (χ2v) is 7.56. The maximum absolute atomic E-state index is 12.5. The number of rotatable bonds is 6. The first-order valence-corrected chi connectivity index (χ1v) is 9.41. The molecule has 3 aromatic rings. The summed E-state index contributed by atoms with van der Waals surface area (Å²) in [4.78, 5) is 0.177. The van der Waals surface area contributed by atoms with E-state index in [1.165, 1.54) is 13.2 Å². The monoisotopic (exact) mass is 373 g/mol. The van der Waals surface area contributed by atoms with Gasteiger partial charge in [-0.2, -0.15) is 0 Å². The summed E-state index contributed by atoms with van der Waals surface area (Å²) in [5.74, 6) is 1.14. The molecule has 8 heteroatoms. The number of ether oxygens (including phenoxy) is 1. The first-order valence-electron chi connectivity index (χ1n) is 7.93. The van der Waals surface area contributed by atoms with Crippen molar-refractivity contribution >= 4 is 10.0 Å². The minimum Gasteiger partial charge on any atom is -0.497 e. The van der Waals surface area contributed by atoms with Crippen molar-refractivity contribution < 1.29 is 17.6 Å². The van der Waals surface area contributed by atoms with Gasteiger partial charge in [0.05, 0.1) is 18.6 Å². The van der Waals surface area contributed by atoms with Crippen molar-refractivity contribution in [2.45, 2.75) is 25.3 Å². The van der Waals surface area contributed by atoms with Gasteiger partial charge < -0.3 is 9.15 Å². The third-order valence-electron chi connectivity index (χ3n) is 3.85. The summed E-state index contributed by atoms with van der Waals surface area (Å²) >= 11 is 0. The normalized spacial score (nSPS) is 11.5. The molecule has 0 saturated carbocycles. The van der Waals surface area contributed by atoms with Crippen molar-refractivity contribution in [3.05, 3.63) is 59.5 Å². The Morgan fingerprint density at radius 1 is 1.08 bits per heavy atom. The highest BCUT2D eigenvalue weighted by atomic mass is 32.2. The predicted octanol–water partition coefficient (Wildman–Crippen LogP) is 2.84. The second kappa shape index (κ2) is 7.27. The molecule has 0 fully saturated rings. The van der Waals surface area contributed by atoms with Crippen LogP contribution in [0.3, 0.4) is 0 Å². The van der Waals surface area contributed by atoms with Crippen LogP contribution in [-0.4, -0.2) is 25.7 Å². The van der Waals surface area contributed by atoms with Crippen LogP contribution >= 0.6 is 0 Å². The van der Waals surface area contributed by atoms with E-state index in [9.17, 15) is 8.42 Å². The van der Waals surface area contributed by atoms with Crippen molar-refractivity contribution in [2.75, 3.05) is 7.11 Å². The zero-order valence-electron chi connectivity index (χ0n) is 14.7. The number of aryl methyl sites for hydroxylation is 2. The maximum Gasteiger partial charge on any atom is 0.247 e. The zero-order valence-corrected chi connectivity index (χ0v) is 15.5. The van der Waals surface area contributed by atoms with Crippen molar-refractivity contribution in [2.24, 2.45) is 0 Å². The Labute approximate surface area is 152 Å². The van der Waals surface area contributed by atoms with Gasteiger partial charge in [-0.1, -0.05) is 17.7 Å². The van der Waals surface area contributed by atoms with Crippen LogP contribution in [0.15, 0.2) is 51.8 Å². The van der Waals surface area contributed by atoms with Gasteiger partial charge in [0.15, 0.2) is 0 Å². The van der Waals surface area contributed by atoms with Gasteiger partial charge in [-0.25, -0.2) is 13.1 Å².